The molecular formula is C17H23N5O. The summed E-state index contributed by atoms with van der Waals surface area (Å²) in [6.45, 7) is 7.61. The van der Waals surface area contributed by atoms with Gasteiger partial charge in [0.05, 0.1) is 17.8 Å². The normalized spacial score (nSPS) is 23.2. The number of carbonyl (C=O) groups is 1. The van der Waals surface area contributed by atoms with E-state index in [1.54, 1.807) is 0 Å². The number of nitrogens with zero attached hydrogens (tertiary/aromatic N) is 4. The van der Waals surface area contributed by atoms with E-state index < -0.39 is 0 Å². The number of benzene rings is 1. The Kier molecular flexibility index (Phi) is 3.69. The fraction of sp³-hybridized carbons (Fsp3) is 0.529. The highest BCUT2D eigenvalue weighted by molar-refractivity contribution is 5.91. The molecule has 0 saturated carbocycles. The van der Waals surface area contributed by atoms with Gasteiger partial charge in [0, 0.05) is 50.3 Å². The summed E-state index contributed by atoms with van der Waals surface area (Å²) in [7, 11) is 0. The van der Waals surface area contributed by atoms with Crippen molar-refractivity contribution >= 4 is 22.5 Å². The predicted octanol–water partition coefficient (Wildman–Crippen LogP) is 1.31. The molecule has 2 aromatic rings. The Morgan fingerprint density at radius 1 is 1.22 bits per heavy atom. The molecule has 2 saturated heterocycles. The highest BCUT2D eigenvalue weighted by Crippen LogP contribution is 2.27. The average molecular weight is 313 g/mol. The van der Waals surface area contributed by atoms with Crippen molar-refractivity contribution in [2.75, 3.05) is 44.2 Å². The minimum atomic E-state index is 0.0989. The third-order valence-corrected chi connectivity index (χ3v) is 5.21. The zero-order chi connectivity index (χ0) is 15.8. The number of aromatic nitrogens is 2. The number of hydrogen-bond donors (Lipinski definition) is 1. The zero-order valence-corrected chi connectivity index (χ0v) is 13.5. The SMILES string of the molecule is CCN1CCC(N2CCN(c3cccc4[nH]ncc34)CC2)C1=O. The Labute approximate surface area is 136 Å². The molecular weight excluding hydrogens is 290 g/mol. The number of hydrogen-bond acceptors (Lipinski definition) is 4. The van der Waals surface area contributed by atoms with Crippen LogP contribution in [0.25, 0.3) is 10.9 Å². The van der Waals surface area contributed by atoms with Crippen LogP contribution in [0.3, 0.4) is 0 Å². The molecule has 0 bridgehead atoms. The molecule has 1 aromatic heterocycles. The molecule has 2 aliphatic rings. The van der Waals surface area contributed by atoms with Crippen molar-refractivity contribution in [3.63, 3.8) is 0 Å². The van der Waals surface area contributed by atoms with Gasteiger partial charge in [-0.3, -0.25) is 14.8 Å². The van der Waals surface area contributed by atoms with Gasteiger partial charge in [0.15, 0.2) is 0 Å². The molecule has 23 heavy (non-hydrogen) atoms. The maximum atomic E-state index is 12.4. The lowest BCUT2D eigenvalue weighted by Crippen LogP contribution is -2.52. The van der Waals surface area contributed by atoms with Crippen LogP contribution in [0, 0.1) is 0 Å². The number of amides is 1. The maximum absolute atomic E-state index is 12.4. The minimum absolute atomic E-state index is 0.0989. The Bertz CT molecular complexity index is 704. The number of nitrogens with one attached hydrogen (secondary N) is 1. The number of carbonyl (C=O) groups excluding carboxylic acids is 1. The van der Waals surface area contributed by atoms with E-state index in [9.17, 15) is 4.79 Å². The first-order valence-corrected chi connectivity index (χ1v) is 8.48. The molecule has 1 N–H and O–H groups in total. The first-order chi connectivity index (χ1) is 11.3. The number of likely N-dealkylation sites (tertiary alicyclic amines) is 1. The van der Waals surface area contributed by atoms with Gasteiger partial charge in [-0.1, -0.05) is 6.07 Å². The van der Waals surface area contributed by atoms with Crippen LogP contribution in [0.5, 0.6) is 0 Å². The molecule has 1 unspecified atom stereocenters. The van der Waals surface area contributed by atoms with E-state index in [0.717, 1.165) is 51.2 Å². The summed E-state index contributed by atoms with van der Waals surface area (Å²) in [5.74, 6) is 0.317. The fourth-order valence-corrected chi connectivity index (χ4v) is 3.88. The van der Waals surface area contributed by atoms with Crippen LogP contribution in [0.4, 0.5) is 5.69 Å². The average Bonchev–Trinajstić information content (AvgIpc) is 3.21. The highest BCUT2D eigenvalue weighted by Gasteiger charge is 2.36. The van der Waals surface area contributed by atoms with E-state index in [1.165, 1.54) is 11.1 Å². The van der Waals surface area contributed by atoms with Crippen LogP contribution >= 0.6 is 0 Å². The second-order valence-corrected chi connectivity index (χ2v) is 6.35. The van der Waals surface area contributed by atoms with Gasteiger partial charge in [-0.05, 0) is 25.5 Å². The van der Waals surface area contributed by atoms with Crippen molar-refractivity contribution in [3.8, 4) is 0 Å². The molecule has 1 aromatic carbocycles. The smallest absolute Gasteiger partial charge is 0.239 e. The first kappa shape index (κ1) is 14.5. The lowest BCUT2D eigenvalue weighted by molar-refractivity contribution is -0.132. The van der Waals surface area contributed by atoms with Crippen LogP contribution in [0.1, 0.15) is 13.3 Å². The molecule has 1 amide bonds. The summed E-state index contributed by atoms with van der Waals surface area (Å²) >= 11 is 0. The Morgan fingerprint density at radius 3 is 2.78 bits per heavy atom. The minimum Gasteiger partial charge on any atom is -0.368 e. The molecule has 1 atom stereocenters. The predicted molar refractivity (Wildman–Crippen MR) is 90.5 cm³/mol. The van der Waals surface area contributed by atoms with Gasteiger partial charge < -0.3 is 9.80 Å². The Balaban J connectivity index is 1.45. The van der Waals surface area contributed by atoms with Gasteiger partial charge in [-0.2, -0.15) is 5.10 Å². The van der Waals surface area contributed by atoms with Gasteiger partial charge in [0.25, 0.3) is 0 Å². The summed E-state index contributed by atoms with van der Waals surface area (Å²) in [5.41, 5.74) is 2.32. The summed E-state index contributed by atoms with van der Waals surface area (Å²) in [6, 6.07) is 6.38. The first-order valence-electron chi connectivity index (χ1n) is 8.48. The molecule has 0 spiro atoms. The monoisotopic (exact) mass is 313 g/mol. The maximum Gasteiger partial charge on any atom is 0.239 e. The summed E-state index contributed by atoms with van der Waals surface area (Å²) < 4.78 is 0. The van der Waals surface area contributed by atoms with Gasteiger partial charge in [0.1, 0.15) is 0 Å². The Morgan fingerprint density at radius 2 is 2.04 bits per heavy atom. The Hall–Kier alpha value is -2.08. The van der Waals surface area contributed by atoms with Gasteiger partial charge >= 0.3 is 0 Å². The van der Waals surface area contributed by atoms with Gasteiger partial charge in [-0.25, -0.2) is 0 Å². The number of likely N-dealkylation sites (N-methyl/N-ethyl adjacent to an activating group) is 1. The lowest BCUT2D eigenvalue weighted by atomic mass is 10.1. The quantitative estimate of drug-likeness (QED) is 0.928. The van der Waals surface area contributed by atoms with Crippen molar-refractivity contribution in [1.82, 2.24) is 20.0 Å². The third-order valence-electron chi connectivity index (χ3n) is 5.21. The molecule has 2 aliphatic heterocycles. The largest absolute Gasteiger partial charge is 0.368 e. The van der Waals surface area contributed by atoms with Crippen molar-refractivity contribution < 1.29 is 4.79 Å². The second kappa shape index (κ2) is 5.85. The molecule has 2 fully saturated rings. The van der Waals surface area contributed by atoms with Crippen LogP contribution in [0.15, 0.2) is 24.4 Å². The highest BCUT2D eigenvalue weighted by atomic mass is 16.2. The summed E-state index contributed by atoms with van der Waals surface area (Å²) in [5, 5.41) is 8.36. The van der Waals surface area contributed by atoms with Crippen LogP contribution in [-0.2, 0) is 4.79 Å². The molecule has 4 rings (SSSR count). The van der Waals surface area contributed by atoms with Crippen molar-refractivity contribution in [1.29, 1.82) is 0 Å². The number of piperazine rings is 1. The van der Waals surface area contributed by atoms with Gasteiger partial charge in [0.2, 0.25) is 5.91 Å². The van der Waals surface area contributed by atoms with Crippen molar-refractivity contribution in [2.45, 2.75) is 19.4 Å². The molecule has 3 heterocycles. The van der Waals surface area contributed by atoms with E-state index in [1.807, 2.05) is 11.1 Å². The number of fused-ring (bicyclic) bond motifs is 1. The molecule has 6 heteroatoms. The summed E-state index contributed by atoms with van der Waals surface area (Å²) in [4.78, 5) is 19.1. The second-order valence-electron chi connectivity index (χ2n) is 6.35. The van der Waals surface area contributed by atoms with E-state index in [2.05, 4.69) is 45.1 Å². The fourth-order valence-electron chi connectivity index (χ4n) is 3.88. The summed E-state index contributed by atoms with van der Waals surface area (Å²) in [6.07, 6.45) is 2.88. The lowest BCUT2D eigenvalue weighted by Gasteiger charge is -2.38. The topological polar surface area (TPSA) is 55.5 Å². The van der Waals surface area contributed by atoms with Crippen molar-refractivity contribution in [3.05, 3.63) is 24.4 Å². The van der Waals surface area contributed by atoms with Crippen LogP contribution < -0.4 is 4.90 Å². The number of aromatic amines is 1. The van der Waals surface area contributed by atoms with E-state index in [-0.39, 0.29) is 6.04 Å². The number of rotatable bonds is 3. The molecule has 6 nitrogen and oxygen atoms in total. The third kappa shape index (κ3) is 2.47. The number of H-pyrrole nitrogens is 1. The number of anilines is 1. The van der Waals surface area contributed by atoms with E-state index >= 15 is 0 Å². The van der Waals surface area contributed by atoms with Crippen LogP contribution in [0.2, 0.25) is 0 Å². The zero-order valence-electron chi connectivity index (χ0n) is 13.5. The standard InChI is InChI=1S/C17H23N5O/c1-2-20-7-6-16(17(20)23)22-10-8-21(9-11-22)15-5-3-4-14-13(15)12-18-19-14/h3-5,12,16H,2,6-11H2,1H3,(H,18,19). The van der Waals surface area contributed by atoms with E-state index in [0.29, 0.717) is 5.91 Å². The molecule has 122 valence electrons. The van der Waals surface area contributed by atoms with Gasteiger partial charge in [-0.15, -0.1) is 0 Å². The molecule has 0 radical (unpaired) electrons. The van der Waals surface area contributed by atoms with E-state index in [4.69, 9.17) is 0 Å². The van der Waals surface area contributed by atoms with Crippen LogP contribution in [-0.4, -0.2) is 71.2 Å². The van der Waals surface area contributed by atoms with Crippen molar-refractivity contribution in [2.24, 2.45) is 0 Å². The molecule has 0 aliphatic carbocycles.